The van der Waals surface area contributed by atoms with Crippen LogP contribution in [0, 0.1) is 0 Å². The molecule has 0 spiro atoms. The third-order valence-electron chi connectivity index (χ3n) is 1.99. The average Bonchev–Trinajstić information content (AvgIpc) is 2.62. The van der Waals surface area contributed by atoms with Crippen molar-refractivity contribution in [2.75, 3.05) is 19.5 Å². The van der Waals surface area contributed by atoms with Gasteiger partial charge in [0.2, 0.25) is 0 Å². The van der Waals surface area contributed by atoms with E-state index < -0.39 is 5.97 Å². The van der Waals surface area contributed by atoms with E-state index >= 15 is 0 Å². The van der Waals surface area contributed by atoms with Gasteiger partial charge in [-0.3, -0.25) is 4.79 Å². The lowest BCUT2D eigenvalue weighted by Gasteiger charge is -2.26. The number of ether oxygens (including phenoxy) is 1. The maximum Gasteiger partial charge on any atom is 0.313 e. The lowest BCUT2D eigenvalue weighted by atomic mass is 10.1. The quantitative estimate of drug-likeness (QED) is 0.748. The maximum absolute atomic E-state index is 10.5. The van der Waals surface area contributed by atoms with Crippen LogP contribution in [-0.2, 0) is 15.1 Å². The van der Waals surface area contributed by atoms with Crippen molar-refractivity contribution in [1.82, 2.24) is 14.8 Å². The Morgan fingerprint density at radius 3 is 2.94 bits per heavy atom. The zero-order valence-electron chi connectivity index (χ0n) is 9.51. The first-order valence-corrected chi connectivity index (χ1v) is 5.70. The molecule has 0 saturated carbocycles. The summed E-state index contributed by atoms with van der Waals surface area (Å²) in [5.41, 5.74) is -0.293. The number of aliphatic carboxylic acids is 1. The SMILES string of the molecule is COCC(C)(C)n1cnnc1SCC(=O)O. The predicted octanol–water partition coefficient (Wildman–Crippen LogP) is 0.836. The lowest BCUT2D eigenvalue weighted by Crippen LogP contribution is -2.31. The molecule has 0 aliphatic carbocycles. The summed E-state index contributed by atoms with van der Waals surface area (Å²) in [5, 5.41) is 16.9. The minimum atomic E-state index is -0.871. The number of methoxy groups -OCH3 is 1. The molecule has 1 rings (SSSR count). The molecule has 7 heteroatoms. The first kappa shape index (κ1) is 13.0. The second kappa shape index (κ2) is 5.31. The van der Waals surface area contributed by atoms with E-state index in [-0.39, 0.29) is 11.3 Å². The van der Waals surface area contributed by atoms with Gasteiger partial charge in [0.05, 0.1) is 17.9 Å². The molecule has 0 aromatic carbocycles. The van der Waals surface area contributed by atoms with E-state index in [0.29, 0.717) is 11.8 Å². The highest BCUT2D eigenvalue weighted by Gasteiger charge is 2.23. The van der Waals surface area contributed by atoms with Crippen LogP contribution in [0.3, 0.4) is 0 Å². The van der Waals surface area contributed by atoms with Gasteiger partial charge in [-0.1, -0.05) is 11.8 Å². The largest absolute Gasteiger partial charge is 0.481 e. The van der Waals surface area contributed by atoms with Crippen molar-refractivity contribution in [2.24, 2.45) is 0 Å². The van der Waals surface area contributed by atoms with Crippen molar-refractivity contribution in [3.63, 3.8) is 0 Å². The zero-order chi connectivity index (χ0) is 12.2. The van der Waals surface area contributed by atoms with Crippen molar-refractivity contribution < 1.29 is 14.6 Å². The number of carbonyl (C=O) groups is 1. The summed E-state index contributed by atoms with van der Waals surface area (Å²) in [4.78, 5) is 10.5. The standard InChI is InChI=1S/C9H15N3O3S/c1-9(2,5-15-3)12-6-10-11-8(12)16-4-7(13)14/h6H,4-5H2,1-3H3,(H,13,14). The lowest BCUT2D eigenvalue weighted by molar-refractivity contribution is -0.133. The Hall–Kier alpha value is -1.08. The van der Waals surface area contributed by atoms with Crippen molar-refractivity contribution in [1.29, 1.82) is 0 Å². The Morgan fingerprint density at radius 2 is 2.38 bits per heavy atom. The van der Waals surface area contributed by atoms with Gasteiger partial charge in [-0.2, -0.15) is 0 Å². The Bertz CT molecular complexity index is 365. The number of hydrogen-bond acceptors (Lipinski definition) is 5. The number of aromatic nitrogens is 3. The van der Waals surface area contributed by atoms with Crippen LogP contribution < -0.4 is 0 Å². The number of hydrogen-bond donors (Lipinski definition) is 1. The number of carboxylic acids is 1. The highest BCUT2D eigenvalue weighted by Crippen LogP contribution is 2.23. The van der Waals surface area contributed by atoms with Crippen LogP contribution in [0.15, 0.2) is 11.5 Å². The second-order valence-electron chi connectivity index (χ2n) is 3.91. The molecule has 0 unspecified atom stereocenters. The zero-order valence-corrected chi connectivity index (χ0v) is 10.3. The highest BCUT2D eigenvalue weighted by atomic mass is 32.2. The van der Waals surface area contributed by atoms with Crippen LogP contribution >= 0.6 is 11.8 Å². The van der Waals surface area contributed by atoms with E-state index in [4.69, 9.17) is 9.84 Å². The molecule has 1 aromatic heterocycles. The Kier molecular flexibility index (Phi) is 4.31. The fourth-order valence-electron chi connectivity index (χ4n) is 1.29. The van der Waals surface area contributed by atoms with Gasteiger partial charge in [0.25, 0.3) is 0 Å². The minimum Gasteiger partial charge on any atom is -0.481 e. The summed E-state index contributed by atoms with van der Waals surface area (Å²) in [6, 6.07) is 0. The number of nitrogens with zero attached hydrogens (tertiary/aromatic N) is 3. The van der Waals surface area contributed by atoms with E-state index in [9.17, 15) is 4.79 Å². The van der Waals surface area contributed by atoms with E-state index in [1.54, 1.807) is 13.4 Å². The fourth-order valence-corrected chi connectivity index (χ4v) is 2.08. The summed E-state index contributed by atoms with van der Waals surface area (Å²) >= 11 is 1.15. The van der Waals surface area contributed by atoms with E-state index in [1.807, 2.05) is 18.4 Å². The maximum atomic E-state index is 10.5. The predicted molar refractivity (Wildman–Crippen MR) is 59.6 cm³/mol. The fraction of sp³-hybridized carbons (Fsp3) is 0.667. The van der Waals surface area contributed by atoms with E-state index in [0.717, 1.165) is 11.8 Å². The second-order valence-corrected chi connectivity index (χ2v) is 4.85. The number of thioether (sulfide) groups is 1. The van der Waals surface area contributed by atoms with Gasteiger partial charge in [0.15, 0.2) is 5.16 Å². The molecule has 0 radical (unpaired) electrons. The van der Waals surface area contributed by atoms with E-state index in [1.165, 1.54) is 0 Å². The van der Waals surface area contributed by atoms with Gasteiger partial charge in [0.1, 0.15) is 6.33 Å². The molecule has 0 bridgehead atoms. The first-order valence-electron chi connectivity index (χ1n) is 4.71. The van der Waals surface area contributed by atoms with Crippen LogP contribution in [0.2, 0.25) is 0 Å². The molecular weight excluding hydrogens is 230 g/mol. The Balaban J connectivity index is 2.80. The molecule has 0 aliphatic heterocycles. The molecule has 0 saturated heterocycles. The summed E-state index contributed by atoms with van der Waals surface area (Å²) in [5.74, 6) is -0.897. The number of carboxylic acid groups (broad SMARTS) is 1. The van der Waals surface area contributed by atoms with Crippen LogP contribution in [0.1, 0.15) is 13.8 Å². The average molecular weight is 245 g/mol. The monoisotopic (exact) mass is 245 g/mol. The van der Waals surface area contributed by atoms with Crippen LogP contribution in [0.4, 0.5) is 0 Å². The van der Waals surface area contributed by atoms with E-state index in [2.05, 4.69) is 10.2 Å². The molecule has 1 N–H and O–H groups in total. The molecule has 0 fully saturated rings. The normalized spacial score (nSPS) is 11.7. The topological polar surface area (TPSA) is 77.2 Å². The van der Waals surface area contributed by atoms with Gasteiger partial charge >= 0.3 is 5.97 Å². The van der Waals surface area contributed by atoms with Crippen LogP contribution in [0.5, 0.6) is 0 Å². The van der Waals surface area contributed by atoms with Crippen molar-refractivity contribution in [3.8, 4) is 0 Å². The molecule has 1 aromatic rings. The van der Waals surface area contributed by atoms with Gasteiger partial charge in [-0.05, 0) is 13.8 Å². The van der Waals surface area contributed by atoms with Gasteiger partial charge in [-0.25, -0.2) is 0 Å². The minimum absolute atomic E-state index is 0.0260. The van der Waals surface area contributed by atoms with Gasteiger partial charge < -0.3 is 14.4 Å². The van der Waals surface area contributed by atoms with Crippen molar-refractivity contribution in [2.45, 2.75) is 24.5 Å². The van der Waals surface area contributed by atoms with Gasteiger partial charge in [-0.15, -0.1) is 10.2 Å². The Labute approximate surface area is 98.0 Å². The highest BCUT2D eigenvalue weighted by molar-refractivity contribution is 7.99. The molecule has 16 heavy (non-hydrogen) atoms. The molecule has 0 amide bonds. The Morgan fingerprint density at radius 1 is 1.69 bits per heavy atom. The molecule has 1 heterocycles. The van der Waals surface area contributed by atoms with Crippen LogP contribution in [0.25, 0.3) is 0 Å². The molecular formula is C9H15N3O3S. The molecule has 90 valence electrons. The third kappa shape index (κ3) is 3.21. The molecule has 0 atom stereocenters. The number of rotatable bonds is 6. The summed E-state index contributed by atoms with van der Waals surface area (Å²) in [6.07, 6.45) is 1.59. The molecule has 0 aliphatic rings. The van der Waals surface area contributed by atoms with Gasteiger partial charge in [0, 0.05) is 7.11 Å². The summed E-state index contributed by atoms with van der Waals surface area (Å²) in [7, 11) is 1.62. The van der Waals surface area contributed by atoms with Crippen LogP contribution in [-0.4, -0.2) is 45.3 Å². The summed E-state index contributed by atoms with van der Waals surface area (Å²) < 4.78 is 6.93. The van der Waals surface area contributed by atoms with Crippen molar-refractivity contribution in [3.05, 3.63) is 6.33 Å². The third-order valence-corrected chi connectivity index (χ3v) is 2.92. The first-order chi connectivity index (χ1) is 7.47. The van der Waals surface area contributed by atoms with Crippen molar-refractivity contribution >= 4 is 17.7 Å². The molecule has 6 nitrogen and oxygen atoms in total. The summed E-state index contributed by atoms with van der Waals surface area (Å²) in [6.45, 7) is 4.46. The smallest absolute Gasteiger partial charge is 0.313 e.